The maximum Gasteiger partial charge on any atom is 0.573 e. The second kappa shape index (κ2) is 10.6. The van der Waals surface area contributed by atoms with Crippen molar-refractivity contribution in [3.8, 4) is 11.6 Å². The lowest BCUT2D eigenvalue weighted by Crippen LogP contribution is -2.29. The summed E-state index contributed by atoms with van der Waals surface area (Å²) >= 11 is 0. The van der Waals surface area contributed by atoms with E-state index in [2.05, 4.69) is 25.0 Å². The van der Waals surface area contributed by atoms with E-state index in [4.69, 9.17) is 0 Å². The third-order valence-corrected chi connectivity index (χ3v) is 6.70. The molecule has 40 heavy (non-hydrogen) atoms. The van der Waals surface area contributed by atoms with Crippen molar-refractivity contribution in [2.45, 2.75) is 24.2 Å². The molecule has 0 bridgehead atoms. The highest BCUT2D eigenvalue weighted by atomic mass is 32.2. The lowest BCUT2D eigenvalue weighted by Gasteiger charge is -2.17. The monoisotopic (exact) mass is 576 g/mol. The molecule has 11 nitrogen and oxygen atoms in total. The van der Waals surface area contributed by atoms with Gasteiger partial charge in [-0.2, -0.15) is 0 Å². The number of pyridine rings is 2. The van der Waals surface area contributed by atoms with Gasteiger partial charge in [-0.15, -0.1) is 13.2 Å². The van der Waals surface area contributed by atoms with Crippen molar-refractivity contribution in [2.75, 3.05) is 20.4 Å². The molecule has 3 heterocycles. The standard InChI is InChI=1S/C25H23F3N6O5S/c1-14(31-23(35)16-10-17(39-25(26,27)28)12-18(11-16)40(4,37)38)21-32-19-6-5-9-29-22(19)34(21)20-8-7-15(13-30-20)24(36)33(2)3/h5-14H,1-4H3,(H,31,35). The smallest absolute Gasteiger partial charge is 0.406 e. The number of amides is 2. The summed E-state index contributed by atoms with van der Waals surface area (Å²) in [5.41, 5.74) is 0.836. The molecule has 1 unspecified atom stereocenters. The van der Waals surface area contributed by atoms with Crippen LogP contribution >= 0.6 is 0 Å². The fourth-order valence-electron chi connectivity index (χ4n) is 3.80. The van der Waals surface area contributed by atoms with E-state index in [0.717, 1.165) is 18.4 Å². The molecule has 0 spiro atoms. The van der Waals surface area contributed by atoms with Crippen molar-refractivity contribution in [1.82, 2.24) is 29.7 Å². The summed E-state index contributed by atoms with van der Waals surface area (Å²) in [6.45, 7) is 1.58. The zero-order chi connectivity index (χ0) is 29.4. The molecule has 0 saturated heterocycles. The topological polar surface area (TPSA) is 136 Å². The Kier molecular flexibility index (Phi) is 7.52. The second-order valence-electron chi connectivity index (χ2n) is 8.96. The highest BCUT2D eigenvalue weighted by molar-refractivity contribution is 7.90. The first-order chi connectivity index (χ1) is 18.6. The molecular weight excluding hydrogens is 553 g/mol. The predicted molar refractivity (Wildman–Crippen MR) is 137 cm³/mol. The molecular formula is C25H23F3N6O5S. The van der Waals surface area contributed by atoms with Gasteiger partial charge in [0.1, 0.15) is 22.9 Å². The Labute approximate surface area is 226 Å². The molecule has 3 aromatic heterocycles. The summed E-state index contributed by atoms with van der Waals surface area (Å²) < 4.78 is 68.0. The van der Waals surface area contributed by atoms with Gasteiger partial charge in [-0.25, -0.2) is 23.4 Å². The first kappa shape index (κ1) is 28.5. The first-order valence-electron chi connectivity index (χ1n) is 11.6. The minimum absolute atomic E-state index is 0.251. The molecule has 4 rings (SSSR count). The van der Waals surface area contributed by atoms with Crippen LogP contribution in [0.4, 0.5) is 13.2 Å². The zero-order valence-corrected chi connectivity index (χ0v) is 22.4. The summed E-state index contributed by atoms with van der Waals surface area (Å²) in [6.07, 6.45) is -1.38. The molecule has 0 radical (unpaired) electrons. The number of hydrogen-bond acceptors (Lipinski definition) is 8. The lowest BCUT2D eigenvalue weighted by atomic mass is 10.2. The third-order valence-electron chi connectivity index (χ3n) is 5.61. The Balaban J connectivity index is 1.72. The number of alkyl halides is 3. The molecule has 0 aliphatic carbocycles. The van der Waals surface area contributed by atoms with Gasteiger partial charge < -0.3 is 15.0 Å². The maximum atomic E-state index is 13.1. The van der Waals surface area contributed by atoms with E-state index in [1.807, 2.05) is 0 Å². The van der Waals surface area contributed by atoms with Gasteiger partial charge in [-0.05, 0) is 49.4 Å². The number of imidazole rings is 1. The summed E-state index contributed by atoms with van der Waals surface area (Å²) in [4.78, 5) is 39.5. The molecule has 0 saturated carbocycles. The fraction of sp³-hybridized carbons (Fsp3) is 0.240. The van der Waals surface area contributed by atoms with E-state index in [0.29, 0.717) is 28.6 Å². The van der Waals surface area contributed by atoms with Crippen LogP contribution in [-0.2, 0) is 9.84 Å². The molecule has 1 aromatic carbocycles. The quantitative estimate of drug-likeness (QED) is 0.354. The number of rotatable bonds is 7. The van der Waals surface area contributed by atoms with Crippen molar-refractivity contribution in [1.29, 1.82) is 0 Å². The van der Waals surface area contributed by atoms with Gasteiger partial charge in [0.05, 0.1) is 16.5 Å². The summed E-state index contributed by atoms with van der Waals surface area (Å²) in [7, 11) is -0.766. The van der Waals surface area contributed by atoms with E-state index in [1.165, 1.54) is 17.3 Å². The Morgan fingerprint density at radius 2 is 1.80 bits per heavy atom. The van der Waals surface area contributed by atoms with Gasteiger partial charge in [-0.1, -0.05) is 0 Å². The lowest BCUT2D eigenvalue weighted by molar-refractivity contribution is -0.274. The van der Waals surface area contributed by atoms with Crippen LogP contribution < -0.4 is 10.1 Å². The van der Waals surface area contributed by atoms with Crippen molar-refractivity contribution in [3.63, 3.8) is 0 Å². The van der Waals surface area contributed by atoms with Crippen LogP contribution in [0.5, 0.6) is 5.75 Å². The maximum absolute atomic E-state index is 13.1. The fourth-order valence-corrected chi connectivity index (χ4v) is 4.47. The Hall–Kier alpha value is -4.53. The summed E-state index contributed by atoms with van der Waals surface area (Å²) in [6, 6.07) is 8.08. The van der Waals surface area contributed by atoms with Crippen molar-refractivity contribution >= 4 is 32.8 Å². The second-order valence-corrected chi connectivity index (χ2v) is 11.0. The van der Waals surface area contributed by atoms with E-state index in [9.17, 15) is 31.2 Å². The Morgan fingerprint density at radius 3 is 2.40 bits per heavy atom. The number of aromatic nitrogens is 4. The van der Waals surface area contributed by atoms with E-state index >= 15 is 0 Å². The molecule has 2 amide bonds. The molecule has 1 atom stereocenters. The van der Waals surface area contributed by atoms with Gasteiger partial charge in [0.25, 0.3) is 11.8 Å². The molecule has 1 N–H and O–H groups in total. The van der Waals surface area contributed by atoms with Crippen LogP contribution in [0.25, 0.3) is 17.0 Å². The van der Waals surface area contributed by atoms with E-state index < -0.39 is 38.8 Å². The number of carbonyl (C=O) groups is 2. The van der Waals surface area contributed by atoms with Gasteiger partial charge in [0, 0.05) is 38.3 Å². The Bertz CT molecular complexity index is 1700. The van der Waals surface area contributed by atoms with Crippen LogP contribution in [0.3, 0.4) is 0 Å². The highest BCUT2D eigenvalue weighted by Gasteiger charge is 2.32. The number of nitrogens with zero attached hydrogens (tertiary/aromatic N) is 5. The predicted octanol–water partition coefficient (Wildman–Crippen LogP) is 3.31. The molecule has 4 aromatic rings. The average molecular weight is 577 g/mol. The molecule has 0 aliphatic rings. The van der Waals surface area contributed by atoms with Gasteiger partial charge in [0.2, 0.25) is 0 Å². The summed E-state index contributed by atoms with van der Waals surface area (Å²) in [5.74, 6) is -1.38. The van der Waals surface area contributed by atoms with E-state index in [-0.39, 0.29) is 17.3 Å². The van der Waals surface area contributed by atoms with Crippen LogP contribution in [0.15, 0.2) is 59.8 Å². The number of ether oxygens (including phenoxy) is 1. The number of halogens is 3. The number of sulfone groups is 1. The Morgan fingerprint density at radius 1 is 1.07 bits per heavy atom. The minimum Gasteiger partial charge on any atom is -0.406 e. The summed E-state index contributed by atoms with van der Waals surface area (Å²) in [5, 5.41) is 2.63. The normalized spacial score (nSPS) is 12.7. The third kappa shape index (κ3) is 6.20. The number of carbonyl (C=O) groups excluding carboxylic acids is 2. The molecule has 210 valence electrons. The van der Waals surface area contributed by atoms with Crippen molar-refractivity contribution in [3.05, 3.63) is 71.8 Å². The SMILES string of the molecule is CC(NC(=O)c1cc(OC(F)(F)F)cc(S(C)(=O)=O)c1)c1nc2cccnc2n1-c1ccc(C(=O)N(C)C)cn1. The van der Waals surface area contributed by atoms with Crippen LogP contribution in [-0.4, -0.2) is 71.4 Å². The van der Waals surface area contributed by atoms with Crippen LogP contribution in [0.2, 0.25) is 0 Å². The largest absolute Gasteiger partial charge is 0.573 e. The van der Waals surface area contributed by atoms with Gasteiger partial charge in [0.15, 0.2) is 15.5 Å². The number of benzene rings is 1. The molecule has 15 heteroatoms. The highest BCUT2D eigenvalue weighted by Crippen LogP contribution is 2.28. The average Bonchev–Trinajstić information content (AvgIpc) is 3.26. The van der Waals surface area contributed by atoms with Gasteiger partial charge in [-0.3, -0.25) is 14.2 Å². The van der Waals surface area contributed by atoms with Gasteiger partial charge >= 0.3 is 6.36 Å². The zero-order valence-electron chi connectivity index (χ0n) is 21.6. The number of hydrogen-bond donors (Lipinski definition) is 1. The number of nitrogens with one attached hydrogen (secondary N) is 1. The van der Waals surface area contributed by atoms with Crippen molar-refractivity contribution < 1.29 is 35.9 Å². The first-order valence-corrected chi connectivity index (χ1v) is 13.5. The minimum atomic E-state index is -5.10. The van der Waals surface area contributed by atoms with Crippen LogP contribution in [0.1, 0.15) is 39.5 Å². The number of fused-ring (bicyclic) bond motifs is 1. The molecule has 0 fully saturated rings. The molecule has 0 aliphatic heterocycles. The van der Waals surface area contributed by atoms with E-state index in [1.54, 1.807) is 49.9 Å². The van der Waals surface area contributed by atoms with Crippen molar-refractivity contribution in [2.24, 2.45) is 0 Å². The van der Waals surface area contributed by atoms with Crippen LogP contribution in [0, 0.1) is 0 Å².